The van der Waals surface area contributed by atoms with E-state index in [1.54, 1.807) is 4.68 Å². The normalized spacial score (nSPS) is 14.1. The molecule has 5 heteroatoms. The summed E-state index contributed by atoms with van der Waals surface area (Å²) in [4.78, 5) is 12.3. The fourth-order valence-corrected chi connectivity index (χ4v) is 3.53. The minimum Gasteiger partial charge on any atom is -0.321 e. The van der Waals surface area contributed by atoms with Gasteiger partial charge in [0.15, 0.2) is 0 Å². The van der Waals surface area contributed by atoms with E-state index in [1.807, 2.05) is 79.0 Å². The number of carbonyl (C=O) groups excluding carboxylic acids is 1. The molecule has 0 aliphatic carbocycles. The molecule has 3 aromatic carbocycles. The molecule has 1 amide bonds. The van der Waals surface area contributed by atoms with Crippen LogP contribution in [0.2, 0.25) is 0 Å². The van der Waals surface area contributed by atoms with Crippen molar-refractivity contribution in [3.8, 4) is 16.9 Å². The molecule has 5 nitrogen and oxygen atoms in total. The van der Waals surface area contributed by atoms with Crippen molar-refractivity contribution in [2.75, 3.05) is 5.32 Å². The Morgan fingerprint density at radius 2 is 1.69 bits per heavy atom. The molecule has 4 aromatic rings. The second-order valence-corrected chi connectivity index (χ2v) is 7.01. The summed E-state index contributed by atoms with van der Waals surface area (Å²) >= 11 is 0. The van der Waals surface area contributed by atoms with Crippen LogP contribution < -0.4 is 5.32 Å². The molecule has 5 rings (SSSR count). The predicted molar refractivity (Wildman–Crippen MR) is 114 cm³/mol. The molecule has 1 aliphatic heterocycles. The zero-order valence-electron chi connectivity index (χ0n) is 15.8. The largest absolute Gasteiger partial charge is 0.321 e. The molecule has 140 valence electrons. The Kier molecular flexibility index (Phi) is 4.06. The maximum Gasteiger partial charge on any atom is 0.256 e. The van der Waals surface area contributed by atoms with Gasteiger partial charge in [0.25, 0.3) is 5.91 Å². The summed E-state index contributed by atoms with van der Waals surface area (Å²) in [6.45, 7) is 2.05. The fourth-order valence-electron chi connectivity index (χ4n) is 3.53. The highest BCUT2D eigenvalue weighted by Crippen LogP contribution is 2.32. The Morgan fingerprint density at radius 1 is 0.931 bits per heavy atom. The van der Waals surface area contributed by atoms with E-state index in [0.717, 1.165) is 39.3 Å². The number of anilines is 1. The van der Waals surface area contributed by atoms with E-state index in [9.17, 15) is 4.79 Å². The van der Waals surface area contributed by atoms with Crippen molar-refractivity contribution in [1.29, 1.82) is 0 Å². The van der Waals surface area contributed by atoms with Crippen molar-refractivity contribution in [3.05, 3.63) is 95.7 Å². The molecule has 0 atom stereocenters. The van der Waals surface area contributed by atoms with Crippen LogP contribution in [-0.4, -0.2) is 20.9 Å². The third kappa shape index (κ3) is 3.12. The summed E-state index contributed by atoms with van der Waals surface area (Å²) < 4.78 is 1.79. The number of carbonyl (C=O) groups is 1. The third-order valence-electron chi connectivity index (χ3n) is 5.08. The van der Waals surface area contributed by atoms with Crippen LogP contribution in [0.15, 0.2) is 79.0 Å². The first-order chi connectivity index (χ1) is 14.2. The first-order valence-electron chi connectivity index (χ1n) is 9.40. The number of benzene rings is 3. The van der Waals surface area contributed by atoms with Crippen LogP contribution in [0.3, 0.4) is 0 Å². The number of rotatable bonds is 3. The maximum atomic E-state index is 12.3. The molecule has 1 aromatic heterocycles. The van der Waals surface area contributed by atoms with Gasteiger partial charge in [-0.2, -0.15) is 0 Å². The van der Waals surface area contributed by atoms with Gasteiger partial charge in [-0.25, -0.2) is 4.68 Å². The number of para-hydroxylation sites is 2. The SMILES string of the molecule is Cc1ccccc1-n1cc(-c2ccc(/C=C3\C(=O)Nc4ccccc43)cc2)nn1. The predicted octanol–water partition coefficient (Wildman–Crippen LogP) is 4.74. The summed E-state index contributed by atoms with van der Waals surface area (Å²) in [6.07, 6.45) is 3.84. The van der Waals surface area contributed by atoms with Crippen molar-refractivity contribution < 1.29 is 4.79 Å². The minimum absolute atomic E-state index is 0.0727. The van der Waals surface area contributed by atoms with Gasteiger partial charge in [0.05, 0.1) is 11.9 Å². The number of amides is 1. The number of nitrogens with zero attached hydrogens (tertiary/aromatic N) is 3. The number of fused-ring (bicyclic) bond motifs is 1. The number of hydrogen-bond acceptors (Lipinski definition) is 3. The van der Waals surface area contributed by atoms with Crippen molar-refractivity contribution in [3.63, 3.8) is 0 Å². The van der Waals surface area contributed by atoms with E-state index >= 15 is 0 Å². The molecule has 1 N–H and O–H groups in total. The van der Waals surface area contributed by atoms with Crippen LogP contribution in [0.4, 0.5) is 5.69 Å². The standard InChI is InChI=1S/C24H18N4O/c1-16-6-2-5-9-23(16)28-15-22(26-27-28)18-12-10-17(11-13-18)14-20-19-7-3-4-8-21(19)25-24(20)29/h2-15H,1H3,(H,25,29)/b20-14-. The van der Waals surface area contributed by atoms with E-state index in [0.29, 0.717) is 5.57 Å². The van der Waals surface area contributed by atoms with E-state index in [4.69, 9.17) is 0 Å². The van der Waals surface area contributed by atoms with Crippen LogP contribution in [-0.2, 0) is 4.79 Å². The lowest BCUT2D eigenvalue weighted by Gasteiger charge is -2.03. The van der Waals surface area contributed by atoms with E-state index in [2.05, 4.69) is 28.6 Å². The lowest BCUT2D eigenvalue weighted by atomic mass is 10.0. The second-order valence-electron chi connectivity index (χ2n) is 7.01. The first kappa shape index (κ1) is 17.1. The van der Waals surface area contributed by atoms with E-state index < -0.39 is 0 Å². The van der Waals surface area contributed by atoms with Gasteiger partial charge in [0.1, 0.15) is 5.69 Å². The fraction of sp³-hybridized carbons (Fsp3) is 0.0417. The molecule has 0 saturated heterocycles. The number of aryl methyl sites for hydroxylation is 1. The van der Waals surface area contributed by atoms with Gasteiger partial charge >= 0.3 is 0 Å². The average molecular weight is 378 g/mol. The highest BCUT2D eigenvalue weighted by molar-refractivity contribution is 6.34. The van der Waals surface area contributed by atoms with Gasteiger partial charge in [-0.05, 0) is 36.3 Å². The Hall–Kier alpha value is -3.99. The highest BCUT2D eigenvalue weighted by Gasteiger charge is 2.23. The monoisotopic (exact) mass is 378 g/mol. The van der Waals surface area contributed by atoms with Crippen LogP contribution in [0, 0.1) is 6.92 Å². The highest BCUT2D eigenvalue weighted by atomic mass is 16.2. The number of nitrogens with one attached hydrogen (secondary N) is 1. The minimum atomic E-state index is -0.0727. The van der Waals surface area contributed by atoms with Crippen molar-refractivity contribution in [2.24, 2.45) is 0 Å². The lowest BCUT2D eigenvalue weighted by molar-refractivity contribution is -0.110. The topological polar surface area (TPSA) is 59.8 Å². The molecular formula is C24H18N4O. The summed E-state index contributed by atoms with van der Waals surface area (Å²) in [7, 11) is 0. The Morgan fingerprint density at radius 3 is 2.52 bits per heavy atom. The van der Waals surface area contributed by atoms with E-state index in [1.165, 1.54) is 0 Å². The van der Waals surface area contributed by atoms with Crippen LogP contribution in [0.5, 0.6) is 0 Å². The molecular weight excluding hydrogens is 360 g/mol. The quantitative estimate of drug-likeness (QED) is 0.524. The summed E-state index contributed by atoms with van der Waals surface area (Å²) in [6, 6.07) is 23.8. The maximum absolute atomic E-state index is 12.3. The number of hydrogen-bond donors (Lipinski definition) is 1. The van der Waals surface area contributed by atoms with Crippen LogP contribution >= 0.6 is 0 Å². The Bertz CT molecular complexity index is 1250. The molecule has 0 spiro atoms. The van der Waals surface area contributed by atoms with Gasteiger partial charge < -0.3 is 5.32 Å². The molecule has 29 heavy (non-hydrogen) atoms. The van der Waals surface area contributed by atoms with Gasteiger partial charge in [-0.3, -0.25) is 4.79 Å². The first-order valence-corrected chi connectivity index (χ1v) is 9.40. The molecule has 1 aliphatic rings. The zero-order valence-corrected chi connectivity index (χ0v) is 15.8. The molecule has 0 radical (unpaired) electrons. The average Bonchev–Trinajstić information content (AvgIpc) is 3.34. The Balaban J connectivity index is 1.43. The van der Waals surface area contributed by atoms with Crippen molar-refractivity contribution >= 4 is 23.2 Å². The third-order valence-corrected chi connectivity index (χ3v) is 5.08. The summed E-state index contributed by atoms with van der Waals surface area (Å²) in [5.41, 5.74) is 7.36. The molecule has 0 bridgehead atoms. The van der Waals surface area contributed by atoms with Crippen molar-refractivity contribution in [2.45, 2.75) is 6.92 Å². The zero-order chi connectivity index (χ0) is 19.8. The van der Waals surface area contributed by atoms with Gasteiger partial charge in [0.2, 0.25) is 0 Å². The molecule has 0 unspecified atom stereocenters. The van der Waals surface area contributed by atoms with Crippen LogP contribution in [0.1, 0.15) is 16.7 Å². The van der Waals surface area contributed by atoms with E-state index in [-0.39, 0.29) is 5.91 Å². The molecule has 2 heterocycles. The lowest BCUT2D eigenvalue weighted by Crippen LogP contribution is -2.03. The van der Waals surface area contributed by atoms with Gasteiger partial charge in [0, 0.05) is 22.4 Å². The molecule has 0 saturated carbocycles. The van der Waals surface area contributed by atoms with Gasteiger partial charge in [-0.1, -0.05) is 65.9 Å². The van der Waals surface area contributed by atoms with Crippen LogP contribution in [0.25, 0.3) is 28.6 Å². The van der Waals surface area contributed by atoms with Gasteiger partial charge in [-0.15, -0.1) is 5.10 Å². The van der Waals surface area contributed by atoms with Crippen molar-refractivity contribution in [1.82, 2.24) is 15.0 Å². The summed E-state index contributed by atoms with van der Waals surface area (Å²) in [5.74, 6) is -0.0727. The smallest absolute Gasteiger partial charge is 0.256 e. The Labute approximate surface area is 168 Å². The molecule has 0 fully saturated rings. The summed E-state index contributed by atoms with van der Waals surface area (Å²) in [5, 5.41) is 11.5. The number of aromatic nitrogens is 3. The second kappa shape index (κ2) is 6.87.